The third kappa shape index (κ3) is 3.00. The zero-order chi connectivity index (χ0) is 17.3. The van der Waals surface area contributed by atoms with E-state index in [0.717, 1.165) is 27.9 Å². The second-order valence-electron chi connectivity index (χ2n) is 6.09. The molecule has 1 heterocycles. The Kier molecular flexibility index (Phi) is 4.30. The number of carbonyl (C=O) groups is 1. The quantitative estimate of drug-likeness (QED) is 0.773. The SMILES string of the molecule is COc1ccc2c(c1)c(CC(=O)O)c(C)n2Cc1ccc(C)cc1. The first kappa shape index (κ1) is 16.1. The smallest absolute Gasteiger partial charge is 0.307 e. The molecule has 1 aromatic heterocycles. The zero-order valence-electron chi connectivity index (χ0n) is 14.2. The highest BCUT2D eigenvalue weighted by Gasteiger charge is 2.17. The van der Waals surface area contributed by atoms with Gasteiger partial charge in [0.2, 0.25) is 0 Å². The summed E-state index contributed by atoms with van der Waals surface area (Å²) in [6.07, 6.45) is 0.0103. The van der Waals surface area contributed by atoms with Gasteiger partial charge in [0.05, 0.1) is 13.5 Å². The third-order valence-corrected chi connectivity index (χ3v) is 4.45. The van der Waals surface area contributed by atoms with E-state index in [1.165, 1.54) is 11.1 Å². The molecule has 4 heteroatoms. The first-order valence-corrected chi connectivity index (χ1v) is 7.92. The van der Waals surface area contributed by atoms with E-state index in [4.69, 9.17) is 4.74 Å². The lowest BCUT2D eigenvalue weighted by molar-refractivity contribution is -0.136. The number of hydrogen-bond acceptors (Lipinski definition) is 2. The number of methoxy groups -OCH3 is 1. The lowest BCUT2D eigenvalue weighted by atomic mass is 10.1. The van der Waals surface area contributed by atoms with E-state index in [1.54, 1.807) is 7.11 Å². The van der Waals surface area contributed by atoms with Gasteiger partial charge in [-0.25, -0.2) is 0 Å². The molecule has 0 aliphatic carbocycles. The van der Waals surface area contributed by atoms with E-state index in [9.17, 15) is 9.90 Å². The molecule has 0 amide bonds. The summed E-state index contributed by atoms with van der Waals surface area (Å²) in [6.45, 7) is 4.77. The van der Waals surface area contributed by atoms with Crippen molar-refractivity contribution in [3.63, 3.8) is 0 Å². The van der Waals surface area contributed by atoms with Gasteiger partial charge in [-0.15, -0.1) is 0 Å². The van der Waals surface area contributed by atoms with Gasteiger partial charge in [0.25, 0.3) is 0 Å². The summed E-state index contributed by atoms with van der Waals surface area (Å²) in [5, 5.41) is 10.2. The molecule has 24 heavy (non-hydrogen) atoms. The van der Waals surface area contributed by atoms with Gasteiger partial charge in [-0.05, 0) is 43.2 Å². The van der Waals surface area contributed by atoms with Crippen LogP contribution in [0.1, 0.15) is 22.4 Å². The number of nitrogens with zero attached hydrogens (tertiary/aromatic N) is 1. The molecule has 3 aromatic rings. The van der Waals surface area contributed by atoms with Crippen molar-refractivity contribution >= 4 is 16.9 Å². The van der Waals surface area contributed by atoms with Crippen LogP contribution in [-0.4, -0.2) is 22.8 Å². The molecule has 0 spiro atoms. The first-order chi connectivity index (χ1) is 11.5. The van der Waals surface area contributed by atoms with Crippen LogP contribution in [0, 0.1) is 13.8 Å². The molecule has 0 unspecified atom stereocenters. The molecule has 0 aliphatic rings. The molecule has 0 atom stereocenters. The maximum Gasteiger partial charge on any atom is 0.307 e. The largest absolute Gasteiger partial charge is 0.497 e. The fraction of sp³-hybridized carbons (Fsp3) is 0.250. The number of hydrogen-bond donors (Lipinski definition) is 1. The van der Waals surface area contributed by atoms with Crippen LogP contribution in [0.25, 0.3) is 10.9 Å². The van der Waals surface area contributed by atoms with Crippen LogP contribution in [0.5, 0.6) is 5.75 Å². The van der Waals surface area contributed by atoms with Gasteiger partial charge < -0.3 is 14.4 Å². The molecule has 1 N–H and O–H groups in total. The number of aryl methyl sites for hydroxylation is 1. The number of fused-ring (bicyclic) bond motifs is 1. The molecule has 0 radical (unpaired) electrons. The molecule has 0 saturated heterocycles. The molecule has 124 valence electrons. The van der Waals surface area contributed by atoms with Crippen molar-refractivity contribution in [2.45, 2.75) is 26.8 Å². The Morgan fingerprint density at radius 3 is 2.46 bits per heavy atom. The molecule has 0 fully saturated rings. The highest BCUT2D eigenvalue weighted by molar-refractivity contribution is 5.90. The average Bonchev–Trinajstić information content (AvgIpc) is 2.81. The summed E-state index contributed by atoms with van der Waals surface area (Å²) in [5.74, 6) is -0.0862. The number of benzene rings is 2. The Morgan fingerprint density at radius 1 is 1.12 bits per heavy atom. The van der Waals surface area contributed by atoms with Crippen molar-refractivity contribution in [2.24, 2.45) is 0 Å². The Hall–Kier alpha value is -2.75. The molecule has 0 aliphatic heterocycles. The molecule has 2 aromatic carbocycles. The predicted molar refractivity (Wildman–Crippen MR) is 94.8 cm³/mol. The van der Waals surface area contributed by atoms with Crippen LogP contribution in [0.15, 0.2) is 42.5 Å². The minimum Gasteiger partial charge on any atom is -0.497 e. The van der Waals surface area contributed by atoms with E-state index in [-0.39, 0.29) is 6.42 Å². The van der Waals surface area contributed by atoms with Gasteiger partial charge in [-0.1, -0.05) is 29.8 Å². The van der Waals surface area contributed by atoms with E-state index in [2.05, 4.69) is 35.8 Å². The summed E-state index contributed by atoms with van der Waals surface area (Å²) < 4.78 is 7.48. The lowest BCUT2D eigenvalue weighted by Gasteiger charge is -2.09. The van der Waals surface area contributed by atoms with E-state index >= 15 is 0 Å². The second kappa shape index (κ2) is 6.40. The van der Waals surface area contributed by atoms with E-state index in [0.29, 0.717) is 6.54 Å². The van der Waals surface area contributed by atoms with Crippen LogP contribution in [0.2, 0.25) is 0 Å². The van der Waals surface area contributed by atoms with Crippen LogP contribution >= 0.6 is 0 Å². The maximum atomic E-state index is 11.3. The predicted octanol–water partition coefficient (Wildman–Crippen LogP) is 3.94. The number of aromatic nitrogens is 1. The minimum atomic E-state index is -0.824. The van der Waals surface area contributed by atoms with Gasteiger partial charge in [-0.2, -0.15) is 0 Å². The van der Waals surface area contributed by atoms with Crippen molar-refractivity contribution in [3.8, 4) is 5.75 Å². The summed E-state index contributed by atoms with van der Waals surface area (Å²) in [4.78, 5) is 11.3. The van der Waals surface area contributed by atoms with Gasteiger partial charge in [0, 0.05) is 23.1 Å². The normalized spacial score (nSPS) is 11.0. The van der Waals surface area contributed by atoms with Gasteiger partial charge >= 0.3 is 5.97 Å². The topological polar surface area (TPSA) is 51.5 Å². The maximum absolute atomic E-state index is 11.3. The van der Waals surface area contributed by atoms with Crippen molar-refractivity contribution < 1.29 is 14.6 Å². The monoisotopic (exact) mass is 323 g/mol. The first-order valence-electron chi connectivity index (χ1n) is 7.92. The number of ether oxygens (including phenoxy) is 1. The Labute approximate surface area is 141 Å². The van der Waals surface area contributed by atoms with Gasteiger partial charge in [0.1, 0.15) is 5.75 Å². The molecule has 4 nitrogen and oxygen atoms in total. The number of carboxylic acid groups (broad SMARTS) is 1. The highest BCUT2D eigenvalue weighted by atomic mass is 16.5. The second-order valence-corrected chi connectivity index (χ2v) is 6.09. The highest BCUT2D eigenvalue weighted by Crippen LogP contribution is 2.30. The molecule has 0 saturated carbocycles. The number of aliphatic carboxylic acids is 1. The summed E-state index contributed by atoms with van der Waals surface area (Å²) >= 11 is 0. The summed E-state index contributed by atoms with van der Waals surface area (Å²) in [5.41, 5.74) is 5.29. The standard InChI is InChI=1S/C20H21NO3/c1-13-4-6-15(7-5-13)12-21-14(2)17(11-20(22)23)18-10-16(24-3)8-9-19(18)21/h4-10H,11-12H2,1-3H3,(H,22,23). The number of carboxylic acids is 1. The van der Waals surface area contributed by atoms with Crippen molar-refractivity contribution in [3.05, 3.63) is 64.8 Å². The van der Waals surface area contributed by atoms with Gasteiger partial charge in [-0.3, -0.25) is 4.79 Å². The van der Waals surface area contributed by atoms with Crippen LogP contribution in [0.4, 0.5) is 0 Å². The third-order valence-electron chi connectivity index (χ3n) is 4.45. The van der Waals surface area contributed by atoms with Gasteiger partial charge in [0.15, 0.2) is 0 Å². The van der Waals surface area contributed by atoms with Crippen molar-refractivity contribution in [1.82, 2.24) is 4.57 Å². The molecular formula is C20H21NO3. The van der Waals surface area contributed by atoms with E-state index in [1.807, 2.05) is 25.1 Å². The Morgan fingerprint density at radius 2 is 1.83 bits per heavy atom. The van der Waals surface area contributed by atoms with Crippen molar-refractivity contribution in [2.75, 3.05) is 7.11 Å². The Balaban J connectivity index is 2.14. The fourth-order valence-electron chi connectivity index (χ4n) is 3.11. The van der Waals surface area contributed by atoms with Crippen LogP contribution in [-0.2, 0) is 17.8 Å². The zero-order valence-corrected chi connectivity index (χ0v) is 14.2. The van der Waals surface area contributed by atoms with Crippen LogP contribution < -0.4 is 4.74 Å². The average molecular weight is 323 g/mol. The number of rotatable bonds is 5. The summed E-state index contributed by atoms with van der Waals surface area (Å²) in [7, 11) is 1.62. The molecular weight excluding hydrogens is 302 g/mol. The molecule has 0 bridgehead atoms. The van der Waals surface area contributed by atoms with E-state index < -0.39 is 5.97 Å². The lowest BCUT2D eigenvalue weighted by Crippen LogP contribution is -2.05. The Bertz CT molecular complexity index is 891. The van der Waals surface area contributed by atoms with Crippen LogP contribution in [0.3, 0.4) is 0 Å². The van der Waals surface area contributed by atoms with Crippen molar-refractivity contribution in [1.29, 1.82) is 0 Å². The summed E-state index contributed by atoms with van der Waals surface area (Å²) in [6, 6.07) is 14.3. The molecule has 3 rings (SSSR count). The minimum absolute atomic E-state index is 0.0103. The fourth-order valence-corrected chi connectivity index (χ4v) is 3.11.